The maximum atomic E-state index is 12.6. The van der Waals surface area contributed by atoms with Gasteiger partial charge in [-0.15, -0.1) is 0 Å². The summed E-state index contributed by atoms with van der Waals surface area (Å²) in [7, 11) is -3.84. The molecule has 1 N–H and O–H groups in total. The highest BCUT2D eigenvalue weighted by Gasteiger charge is 2.25. The number of sulfonamides is 1. The molecule has 0 heterocycles. The summed E-state index contributed by atoms with van der Waals surface area (Å²) >= 11 is 0. The van der Waals surface area contributed by atoms with Crippen LogP contribution in [0.2, 0.25) is 0 Å². The number of nitro benzene ring substituents is 1. The highest BCUT2D eigenvalue weighted by Crippen LogP contribution is 2.27. The molecule has 0 saturated carbocycles. The number of carbonyl (C=O) groups excluding carboxylic acids is 1. The van der Waals surface area contributed by atoms with Crippen LogP contribution in [0.3, 0.4) is 0 Å². The van der Waals surface area contributed by atoms with Crippen molar-refractivity contribution in [1.82, 2.24) is 5.32 Å². The number of carbonyl (C=O) groups is 1. The number of nitrogens with one attached hydrogen (secondary N) is 1. The molecular formula is C20H25N3O5S. The molecule has 2 aromatic carbocycles. The quantitative estimate of drug-likeness (QED) is 0.548. The van der Waals surface area contributed by atoms with Crippen LogP contribution in [-0.2, 0) is 14.8 Å². The van der Waals surface area contributed by atoms with Gasteiger partial charge in [-0.3, -0.25) is 19.2 Å². The Labute approximate surface area is 170 Å². The lowest BCUT2D eigenvalue weighted by Crippen LogP contribution is -2.41. The molecule has 0 spiro atoms. The van der Waals surface area contributed by atoms with Crippen molar-refractivity contribution in [1.29, 1.82) is 0 Å². The highest BCUT2D eigenvalue weighted by atomic mass is 32.2. The number of anilines is 1. The van der Waals surface area contributed by atoms with Crippen LogP contribution in [0, 0.1) is 30.9 Å². The minimum absolute atomic E-state index is 0.107. The predicted molar refractivity (Wildman–Crippen MR) is 112 cm³/mol. The van der Waals surface area contributed by atoms with Crippen LogP contribution in [0.1, 0.15) is 35.2 Å². The summed E-state index contributed by atoms with van der Waals surface area (Å²) in [5, 5.41) is 13.9. The van der Waals surface area contributed by atoms with Gasteiger partial charge in [-0.2, -0.15) is 0 Å². The molecule has 0 saturated heterocycles. The summed E-state index contributed by atoms with van der Waals surface area (Å²) in [6.45, 7) is 6.94. The molecule has 1 atom stereocenters. The highest BCUT2D eigenvalue weighted by molar-refractivity contribution is 7.92. The SMILES string of the molecule is Cc1ccc([C@H](C)NC(=O)CN(c2cc([N+](=O)[O-])ccc2C)S(C)(=O)=O)cc1C. The normalized spacial score (nSPS) is 12.3. The van der Waals surface area contributed by atoms with E-state index < -0.39 is 27.4 Å². The zero-order valence-electron chi connectivity index (χ0n) is 17.1. The van der Waals surface area contributed by atoms with Crippen molar-refractivity contribution in [3.63, 3.8) is 0 Å². The Balaban J connectivity index is 2.27. The average molecular weight is 420 g/mol. The third-order valence-corrected chi connectivity index (χ3v) is 5.89. The first-order valence-electron chi connectivity index (χ1n) is 8.99. The molecule has 29 heavy (non-hydrogen) atoms. The van der Waals surface area contributed by atoms with Crippen LogP contribution in [0.4, 0.5) is 11.4 Å². The second kappa shape index (κ2) is 8.60. The molecule has 0 bridgehead atoms. The Bertz CT molecular complexity index is 1050. The maximum Gasteiger partial charge on any atom is 0.271 e. The first-order valence-corrected chi connectivity index (χ1v) is 10.8. The largest absolute Gasteiger partial charge is 0.348 e. The summed E-state index contributed by atoms with van der Waals surface area (Å²) in [6, 6.07) is 9.43. The van der Waals surface area contributed by atoms with Gasteiger partial charge in [0.2, 0.25) is 15.9 Å². The van der Waals surface area contributed by atoms with Crippen molar-refractivity contribution >= 4 is 27.3 Å². The summed E-state index contributed by atoms with van der Waals surface area (Å²) in [4.78, 5) is 23.1. The molecule has 0 radical (unpaired) electrons. The molecule has 0 aliphatic carbocycles. The van der Waals surface area contributed by atoms with E-state index in [0.29, 0.717) is 5.56 Å². The van der Waals surface area contributed by atoms with E-state index in [-0.39, 0.29) is 17.4 Å². The van der Waals surface area contributed by atoms with Crippen molar-refractivity contribution in [2.45, 2.75) is 33.7 Å². The molecule has 9 heteroatoms. The van der Waals surface area contributed by atoms with Crippen molar-refractivity contribution < 1.29 is 18.1 Å². The molecule has 0 aromatic heterocycles. The zero-order chi connectivity index (χ0) is 21.9. The van der Waals surface area contributed by atoms with E-state index >= 15 is 0 Å². The molecule has 8 nitrogen and oxygen atoms in total. The van der Waals surface area contributed by atoms with E-state index in [2.05, 4.69) is 5.32 Å². The Kier molecular flexibility index (Phi) is 6.63. The summed E-state index contributed by atoms with van der Waals surface area (Å²) < 4.78 is 25.5. The number of nitrogens with zero attached hydrogens (tertiary/aromatic N) is 2. The lowest BCUT2D eigenvalue weighted by Gasteiger charge is -2.24. The van der Waals surface area contributed by atoms with E-state index in [1.54, 1.807) is 6.92 Å². The molecule has 2 aromatic rings. The van der Waals surface area contributed by atoms with Crippen molar-refractivity contribution in [3.8, 4) is 0 Å². The van der Waals surface area contributed by atoms with Crippen LogP contribution in [-0.4, -0.2) is 32.0 Å². The molecule has 2 rings (SSSR count). The predicted octanol–water partition coefficient (Wildman–Crippen LogP) is 3.16. The lowest BCUT2D eigenvalue weighted by atomic mass is 10.0. The van der Waals surface area contributed by atoms with Gasteiger partial charge >= 0.3 is 0 Å². The topological polar surface area (TPSA) is 110 Å². The summed E-state index contributed by atoms with van der Waals surface area (Å²) in [6.07, 6.45) is 0.964. The number of non-ortho nitro benzene ring substituents is 1. The number of aryl methyl sites for hydroxylation is 3. The molecular weight excluding hydrogens is 394 g/mol. The minimum atomic E-state index is -3.84. The number of rotatable bonds is 7. The van der Waals surface area contributed by atoms with Crippen LogP contribution in [0.25, 0.3) is 0 Å². The zero-order valence-corrected chi connectivity index (χ0v) is 17.9. The average Bonchev–Trinajstić information content (AvgIpc) is 2.61. The Morgan fingerprint density at radius 2 is 1.72 bits per heavy atom. The Morgan fingerprint density at radius 1 is 1.10 bits per heavy atom. The third-order valence-electron chi connectivity index (χ3n) is 4.77. The van der Waals surface area contributed by atoms with Crippen molar-refractivity contribution in [2.24, 2.45) is 0 Å². The number of amides is 1. The van der Waals surface area contributed by atoms with E-state index in [1.165, 1.54) is 12.1 Å². The maximum absolute atomic E-state index is 12.6. The van der Waals surface area contributed by atoms with Gasteiger partial charge in [0, 0.05) is 12.1 Å². The molecule has 0 aliphatic heterocycles. The van der Waals surface area contributed by atoms with Crippen molar-refractivity contribution in [3.05, 3.63) is 68.8 Å². The van der Waals surface area contributed by atoms with Crippen LogP contribution in [0.5, 0.6) is 0 Å². The second-order valence-corrected chi connectivity index (χ2v) is 9.04. The van der Waals surface area contributed by atoms with Gasteiger partial charge in [0.15, 0.2) is 0 Å². The fourth-order valence-electron chi connectivity index (χ4n) is 2.90. The fraction of sp³-hybridized carbons (Fsp3) is 0.350. The van der Waals surface area contributed by atoms with Gasteiger partial charge in [-0.1, -0.05) is 24.3 Å². The molecule has 0 fully saturated rings. The van der Waals surface area contributed by atoms with E-state index in [4.69, 9.17) is 0 Å². The Hall–Kier alpha value is -2.94. The monoisotopic (exact) mass is 419 g/mol. The van der Waals surface area contributed by atoms with Crippen LogP contribution >= 0.6 is 0 Å². The number of hydrogen-bond donors (Lipinski definition) is 1. The number of benzene rings is 2. The molecule has 0 aliphatic rings. The molecule has 1 amide bonds. The summed E-state index contributed by atoms with van der Waals surface area (Å²) in [5.74, 6) is -0.507. The van der Waals surface area contributed by atoms with Gasteiger partial charge in [-0.25, -0.2) is 8.42 Å². The van der Waals surface area contributed by atoms with E-state index in [9.17, 15) is 23.3 Å². The van der Waals surface area contributed by atoms with Crippen LogP contribution in [0.15, 0.2) is 36.4 Å². The van der Waals surface area contributed by atoms with Gasteiger partial charge in [0.1, 0.15) is 6.54 Å². The van der Waals surface area contributed by atoms with E-state index in [0.717, 1.165) is 33.3 Å². The number of nitro groups is 1. The van der Waals surface area contributed by atoms with Crippen molar-refractivity contribution in [2.75, 3.05) is 17.1 Å². The smallest absolute Gasteiger partial charge is 0.271 e. The van der Waals surface area contributed by atoms with Gasteiger partial charge in [0.25, 0.3) is 5.69 Å². The third kappa shape index (κ3) is 5.54. The molecule has 156 valence electrons. The summed E-state index contributed by atoms with van der Waals surface area (Å²) in [5.41, 5.74) is 3.50. The first kappa shape index (κ1) is 22.4. The lowest BCUT2D eigenvalue weighted by molar-refractivity contribution is -0.384. The second-order valence-electron chi connectivity index (χ2n) is 7.13. The number of hydrogen-bond acceptors (Lipinski definition) is 5. The Morgan fingerprint density at radius 3 is 2.28 bits per heavy atom. The van der Waals surface area contributed by atoms with Crippen LogP contribution < -0.4 is 9.62 Å². The fourth-order valence-corrected chi connectivity index (χ4v) is 3.80. The van der Waals surface area contributed by atoms with Gasteiger partial charge in [0.05, 0.1) is 22.9 Å². The standard InChI is InChI=1S/C20H25N3O5S/c1-13-6-8-17(10-15(13)3)16(4)21-20(24)12-22(29(5,27)28)19-11-18(23(25)26)9-7-14(19)2/h6-11,16H,12H2,1-5H3,(H,21,24)/t16-/m0/s1. The first-order chi connectivity index (χ1) is 13.4. The molecule has 0 unspecified atom stereocenters. The van der Waals surface area contributed by atoms with Gasteiger partial charge < -0.3 is 5.32 Å². The minimum Gasteiger partial charge on any atom is -0.348 e. The van der Waals surface area contributed by atoms with E-state index in [1.807, 2.05) is 39.0 Å². The van der Waals surface area contributed by atoms with Gasteiger partial charge in [-0.05, 0) is 49.9 Å².